The number of carbonyl (C=O) groups is 2. The van der Waals surface area contributed by atoms with Crippen LogP contribution >= 0.6 is 24.0 Å². The Morgan fingerprint density at radius 1 is 1.50 bits per heavy atom. The highest BCUT2D eigenvalue weighted by Gasteiger charge is 2.31. The highest BCUT2D eigenvalue weighted by Crippen LogP contribution is 2.32. The monoisotopic (exact) mass is 336 g/mol. The molecule has 1 aromatic rings. The van der Waals surface area contributed by atoms with E-state index in [1.807, 2.05) is 31.2 Å². The molecule has 7 heteroatoms. The Morgan fingerprint density at radius 3 is 2.95 bits per heavy atom. The SMILES string of the molecule is CCOc1cccc(/C=C2/SC(=S)N(CCC(=O)[O-])C2=O)c1. The van der Waals surface area contributed by atoms with Gasteiger partial charge >= 0.3 is 0 Å². The highest BCUT2D eigenvalue weighted by molar-refractivity contribution is 8.26. The number of carboxylic acids is 1. The van der Waals surface area contributed by atoms with E-state index < -0.39 is 5.97 Å². The number of carboxylic acid groups (broad SMARTS) is 1. The summed E-state index contributed by atoms with van der Waals surface area (Å²) in [5.74, 6) is -0.760. The molecule has 1 amide bonds. The van der Waals surface area contributed by atoms with Gasteiger partial charge in [0.1, 0.15) is 10.1 Å². The van der Waals surface area contributed by atoms with Crippen molar-refractivity contribution in [2.75, 3.05) is 13.2 Å². The van der Waals surface area contributed by atoms with Gasteiger partial charge in [-0.1, -0.05) is 36.1 Å². The third-order valence-electron chi connectivity index (χ3n) is 2.88. The summed E-state index contributed by atoms with van der Waals surface area (Å²) < 4.78 is 5.78. The summed E-state index contributed by atoms with van der Waals surface area (Å²) in [6.45, 7) is 2.49. The van der Waals surface area contributed by atoms with Crippen LogP contribution in [0.5, 0.6) is 5.75 Å². The van der Waals surface area contributed by atoms with Gasteiger partial charge in [0.05, 0.1) is 11.5 Å². The van der Waals surface area contributed by atoms with Gasteiger partial charge in [-0.2, -0.15) is 0 Å². The number of carbonyl (C=O) groups excluding carboxylic acids is 2. The quantitative estimate of drug-likeness (QED) is 0.578. The summed E-state index contributed by atoms with van der Waals surface area (Å²) in [4.78, 5) is 24.5. The van der Waals surface area contributed by atoms with Crippen LogP contribution in [-0.4, -0.2) is 34.2 Å². The van der Waals surface area contributed by atoms with Crippen LogP contribution in [0.4, 0.5) is 0 Å². The normalized spacial score (nSPS) is 16.4. The lowest BCUT2D eigenvalue weighted by molar-refractivity contribution is -0.305. The Kier molecular flexibility index (Phi) is 5.57. The molecule has 0 atom stereocenters. The van der Waals surface area contributed by atoms with Gasteiger partial charge in [-0.05, 0) is 30.7 Å². The Balaban J connectivity index is 2.15. The van der Waals surface area contributed by atoms with E-state index in [-0.39, 0.29) is 18.9 Å². The molecular formula is C15H14NO4S2-. The van der Waals surface area contributed by atoms with Gasteiger partial charge in [0.15, 0.2) is 0 Å². The molecule has 2 rings (SSSR count). The molecule has 1 aromatic carbocycles. The maximum Gasteiger partial charge on any atom is 0.266 e. The molecule has 0 aromatic heterocycles. The van der Waals surface area contributed by atoms with Crippen LogP contribution < -0.4 is 9.84 Å². The number of amides is 1. The van der Waals surface area contributed by atoms with Crippen LogP contribution in [-0.2, 0) is 9.59 Å². The zero-order valence-corrected chi connectivity index (χ0v) is 13.5. The minimum atomic E-state index is -1.21. The van der Waals surface area contributed by atoms with E-state index in [0.29, 0.717) is 15.8 Å². The zero-order valence-electron chi connectivity index (χ0n) is 11.9. The summed E-state index contributed by atoms with van der Waals surface area (Å²) >= 11 is 6.28. The predicted molar refractivity (Wildman–Crippen MR) is 87.1 cm³/mol. The Bertz CT molecular complexity index is 642. The second-order valence-electron chi connectivity index (χ2n) is 4.46. The Hall–Kier alpha value is -1.86. The van der Waals surface area contributed by atoms with Crippen LogP contribution in [0.3, 0.4) is 0 Å². The number of benzene rings is 1. The van der Waals surface area contributed by atoms with Crippen molar-refractivity contribution >= 4 is 46.3 Å². The molecule has 0 radical (unpaired) electrons. The van der Waals surface area contributed by atoms with E-state index in [1.165, 1.54) is 4.90 Å². The number of hydrogen-bond donors (Lipinski definition) is 0. The topological polar surface area (TPSA) is 69.7 Å². The molecule has 22 heavy (non-hydrogen) atoms. The maximum atomic E-state index is 12.2. The molecular weight excluding hydrogens is 322 g/mol. The fourth-order valence-electron chi connectivity index (χ4n) is 1.91. The van der Waals surface area contributed by atoms with Crippen molar-refractivity contribution in [3.8, 4) is 5.75 Å². The van der Waals surface area contributed by atoms with E-state index >= 15 is 0 Å². The molecule has 0 bridgehead atoms. The summed E-state index contributed by atoms with van der Waals surface area (Å²) in [5, 5.41) is 10.5. The maximum absolute atomic E-state index is 12.2. The van der Waals surface area contributed by atoms with Crippen LogP contribution in [0.2, 0.25) is 0 Å². The first-order chi connectivity index (χ1) is 10.5. The smallest absolute Gasteiger partial charge is 0.266 e. The highest BCUT2D eigenvalue weighted by atomic mass is 32.2. The van der Waals surface area contributed by atoms with Crippen LogP contribution in [0.25, 0.3) is 6.08 Å². The summed E-state index contributed by atoms with van der Waals surface area (Å²) in [7, 11) is 0. The molecule has 1 aliphatic rings. The lowest BCUT2D eigenvalue weighted by Gasteiger charge is -2.14. The fourth-order valence-corrected chi connectivity index (χ4v) is 3.22. The molecule has 0 unspecified atom stereocenters. The van der Waals surface area contributed by atoms with E-state index in [4.69, 9.17) is 17.0 Å². The molecule has 1 fully saturated rings. The van der Waals surface area contributed by atoms with Crippen LogP contribution in [0, 0.1) is 0 Å². The second-order valence-corrected chi connectivity index (χ2v) is 6.14. The second kappa shape index (κ2) is 7.42. The van der Waals surface area contributed by atoms with Crippen molar-refractivity contribution in [3.63, 3.8) is 0 Å². The molecule has 116 valence electrons. The zero-order chi connectivity index (χ0) is 16.1. The average molecular weight is 336 g/mol. The van der Waals surface area contributed by atoms with Crippen molar-refractivity contribution in [1.29, 1.82) is 0 Å². The van der Waals surface area contributed by atoms with Crippen LogP contribution in [0.15, 0.2) is 29.2 Å². The van der Waals surface area contributed by atoms with Crippen LogP contribution in [0.1, 0.15) is 18.9 Å². The van der Waals surface area contributed by atoms with Crippen molar-refractivity contribution < 1.29 is 19.4 Å². The van der Waals surface area contributed by atoms with E-state index in [1.54, 1.807) is 6.08 Å². The predicted octanol–water partition coefficient (Wildman–Crippen LogP) is 1.43. The number of rotatable bonds is 6. The number of thioether (sulfide) groups is 1. The average Bonchev–Trinajstić information content (AvgIpc) is 2.72. The van der Waals surface area contributed by atoms with Gasteiger partial charge < -0.3 is 14.6 Å². The molecule has 1 heterocycles. The summed E-state index contributed by atoms with van der Waals surface area (Å²) in [6, 6.07) is 7.37. The molecule has 5 nitrogen and oxygen atoms in total. The number of thiocarbonyl (C=S) groups is 1. The first-order valence-corrected chi connectivity index (χ1v) is 7.92. The summed E-state index contributed by atoms with van der Waals surface area (Å²) in [6.07, 6.45) is 1.49. The largest absolute Gasteiger partial charge is 0.550 e. The third-order valence-corrected chi connectivity index (χ3v) is 4.26. The number of nitrogens with zero attached hydrogens (tertiary/aromatic N) is 1. The minimum Gasteiger partial charge on any atom is -0.550 e. The standard InChI is InChI=1S/C15H15NO4S2/c1-2-20-11-5-3-4-10(8-11)9-12-14(19)16(15(21)22-12)7-6-13(17)18/h3-5,8-9H,2,6-7H2,1H3,(H,17,18)/p-1/b12-9+. The van der Waals surface area contributed by atoms with Gasteiger partial charge in [0.25, 0.3) is 5.91 Å². The molecule has 1 saturated heterocycles. The lowest BCUT2D eigenvalue weighted by atomic mass is 10.2. The van der Waals surface area contributed by atoms with E-state index in [9.17, 15) is 14.7 Å². The van der Waals surface area contributed by atoms with Gasteiger partial charge in [-0.15, -0.1) is 0 Å². The van der Waals surface area contributed by atoms with Crippen molar-refractivity contribution in [3.05, 3.63) is 34.7 Å². The Morgan fingerprint density at radius 2 is 2.27 bits per heavy atom. The number of ether oxygens (including phenoxy) is 1. The number of hydrogen-bond acceptors (Lipinski definition) is 6. The van der Waals surface area contributed by atoms with Crippen molar-refractivity contribution in [1.82, 2.24) is 4.90 Å². The van der Waals surface area contributed by atoms with E-state index in [0.717, 1.165) is 23.1 Å². The van der Waals surface area contributed by atoms with Gasteiger partial charge in [0.2, 0.25) is 0 Å². The molecule has 0 N–H and O–H groups in total. The van der Waals surface area contributed by atoms with Gasteiger partial charge in [-0.3, -0.25) is 9.69 Å². The van der Waals surface area contributed by atoms with Crippen molar-refractivity contribution in [2.24, 2.45) is 0 Å². The minimum absolute atomic E-state index is 0.0311. The third kappa shape index (κ3) is 4.08. The fraction of sp³-hybridized carbons (Fsp3) is 0.267. The first-order valence-electron chi connectivity index (χ1n) is 6.69. The van der Waals surface area contributed by atoms with E-state index in [2.05, 4.69) is 0 Å². The van der Waals surface area contributed by atoms with Crippen molar-refractivity contribution in [2.45, 2.75) is 13.3 Å². The van der Waals surface area contributed by atoms with Gasteiger partial charge in [0, 0.05) is 18.9 Å². The summed E-state index contributed by atoms with van der Waals surface area (Å²) in [5.41, 5.74) is 0.825. The van der Waals surface area contributed by atoms with Gasteiger partial charge in [-0.25, -0.2) is 0 Å². The first kappa shape index (κ1) is 16.5. The number of aliphatic carboxylic acids is 1. The molecule has 0 aliphatic carbocycles. The molecule has 0 spiro atoms. The Labute approximate surface area is 137 Å². The molecule has 0 saturated carbocycles. The molecule has 1 aliphatic heterocycles. The lowest BCUT2D eigenvalue weighted by Crippen LogP contribution is -2.33.